The molecule has 2 aromatic rings. The first kappa shape index (κ1) is 17.2. The largest absolute Gasteiger partial charge is 0.376 e. The molecule has 0 saturated carbocycles. The van der Waals surface area contributed by atoms with E-state index in [0.717, 1.165) is 30.9 Å². The Morgan fingerprint density at radius 3 is 2.28 bits per heavy atom. The van der Waals surface area contributed by atoms with Gasteiger partial charge >= 0.3 is 0 Å². The van der Waals surface area contributed by atoms with Gasteiger partial charge in [0, 0.05) is 36.2 Å². The number of hydrogen-bond donors (Lipinski definition) is 2. The molecule has 2 N–H and O–H groups in total. The van der Waals surface area contributed by atoms with Crippen LogP contribution in [0.3, 0.4) is 0 Å². The normalized spacial score (nSPS) is 14.2. The number of nitrogens with zero attached hydrogens (tertiary/aromatic N) is 1. The van der Waals surface area contributed by atoms with Crippen molar-refractivity contribution in [2.75, 3.05) is 35.2 Å². The molecule has 1 heterocycles. The maximum absolute atomic E-state index is 13.1. The van der Waals surface area contributed by atoms with Crippen LogP contribution in [0, 0.1) is 11.6 Å². The number of benzene rings is 2. The fraction of sp³-hybridized carbons (Fsp3) is 0.316. The number of halogens is 2. The van der Waals surface area contributed by atoms with E-state index in [2.05, 4.69) is 15.5 Å². The quantitative estimate of drug-likeness (QED) is 0.861. The van der Waals surface area contributed by atoms with Gasteiger partial charge in [0.2, 0.25) is 5.91 Å². The summed E-state index contributed by atoms with van der Waals surface area (Å²) in [6.45, 7) is 2.12. The van der Waals surface area contributed by atoms with E-state index in [-0.39, 0.29) is 12.5 Å². The van der Waals surface area contributed by atoms with Gasteiger partial charge in [0.25, 0.3) is 0 Å². The lowest BCUT2D eigenvalue weighted by molar-refractivity contribution is -0.114. The molecule has 6 heteroatoms. The van der Waals surface area contributed by atoms with E-state index >= 15 is 0 Å². The van der Waals surface area contributed by atoms with Gasteiger partial charge in [0.1, 0.15) is 0 Å². The third kappa shape index (κ3) is 4.68. The van der Waals surface area contributed by atoms with Gasteiger partial charge in [-0.05, 0) is 55.7 Å². The minimum Gasteiger partial charge on any atom is -0.376 e. The second-order valence-corrected chi connectivity index (χ2v) is 6.13. The Kier molecular flexibility index (Phi) is 5.48. The minimum atomic E-state index is -0.946. The number of piperidine rings is 1. The number of carbonyl (C=O) groups excluding carboxylic acids is 1. The Morgan fingerprint density at radius 2 is 1.60 bits per heavy atom. The molecule has 0 unspecified atom stereocenters. The molecule has 0 spiro atoms. The Bertz CT molecular complexity index is 728. The summed E-state index contributed by atoms with van der Waals surface area (Å²) in [5.74, 6) is -2.11. The summed E-state index contributed by atoms with van der Waals surface area (Å²) in [5.41, 5.74) is 2.23. The highest BCUT2D eigenvalue weighted by Gasteiger charge is 2.11. The van der Waals surface area contributed by atoms with Crippen LogP contribution in [0.4, 0.5) is 25.8 Å². The predicted molar refractivity (Wildman–Crippen MR) is 96.0 cm³/mol. The summed E-state index contributed by atoms with van der Waals surface area (Å²) in [5, 5.41) is 5.55. The molecule has 1 amide bonds. The third-order valence-corrected chi connectivity index (χ3v) is 4.24. The van der Waals surface area contributed by atoms with Crippen LogP contribution in [-0.4, -0.2) is 25.5 Å². The fourth-order valence-electron chi connectivity index (χ4n) is 2.90. The molecule has 1 aliphatic heterocycles. The van der Waals surface area contributed by atoms with Gasteiger partial charge in [-0.1, -0.05) is 0 Å². The molecule has 0 radical (unpaired) electrons. The lowest BCUT2D eigenvalue weighted by Crippen LogP contribution is -2.29. The van der Waals surface area contributed by atoms with Gasteiger partial charge in [-0.3, -0.25) is 4.79 Å². The molecule has 0 atom stereocenters. The van der Waals surface area contributed by atoms with Crippen LogP contribution in [0.15, 0.2) is 42.5 Å². The van der Waals surface area contributed by atoms with Crippen molar-refractivity contribution in [2.45, 2.75) is 19.3 Å². The zero-order valence-electron chi connectivity index (χ0n) is 13.9. The van der Waals surface area contributed by atoms with Crippen LogP contribution >= 0.6 is 0 Å². The van der Waals surface area contributed by atoms with Gasteiger partial charge < -0.3 is 15.5 Å². The number of nitrogens with one attached hydrogen (secondary N) is 2. The molecule has 132 valence electrons. The predicted octanol–water partition coefficient (Wildman–Crippen LogP) is 4.01. The third-order valence-electron chi connectivity index (χ3n) is 4.24. The van der Waals surface area contributed by atoms with E-state index in [9.17, 15) is 13.6 Å². The van der Waals surface area contributed by atoms with Gasteiger partial charge in [-0.25, -0.2) is 8.78 Å². The van der Waals surface area contributed by atoms with E-state index in [1.807, 2.05) is 24.3 Å². The highest BCUT2D eigenvalue weighted by atomic mass is 19.2. The molecule has 2 aromatic carbocycles. The maximum atomic E-state index is 13.1. The number of amides is 1. The summed E-state index contributed by atoms with van der Waals surface area (Å²) >= 11 is 0. The van der Waals surface area contributed by atoms with Crippen molar-refractivity contribution in [3.8, 4) is 0 Å². The average molecular weight is 345 g/mol. The number of carbonyl (C=O) groups is 1. The Morgan fingerprint density at radius 1 is 0.920 bits per heavy atom. The molecular formula is C19H21F2N3O. The summed E-state index contributed by atoms with van der Waals surface area (Å²) in [7, 11) is 0. The van der Waals surface area contributed by atoms with E-state index in [0.29, 0.717) is 11.4 Å². The summed E-state index contributed by atoms with van der Waals surface area (Å²) < 4.78 is 26.0. The van der Waals surface area contributed by atoms with Gasteiger partial charge in [-0.15, -0.1) is 0 Å². The second kappa shape index (κ2) is 7.96. The van der Waals surface area contributed by atoms with E-state index in [4.69, 9.17) is 0 Å². The van der Waals surface area contributed by atoms with Crippen molar-refractivity contribution in [3.63, 3.8) is 0 Å². The first-order chi connectivity index (χ1) is 12.1. The van der Waals surface area contributed by atoms with Crippen LogP contribution in [0.25, 0.3) is 0 Å². The van der Waals surface area contributed by atoms with Crippen molar-refractivity contribution >= 4 is 23.0 Å². The molecule has 1 aliphatic rings. The second-order valence-electron chi connectivity index (χ2n) is 6.13. The molecule has 1 saturated heterocycles. The molecule has 0 aromatic heterocycles. The van der Waals surface area contributed by atoms with Crippen molar-refractivity contribution < 1.29 is 13.6 Å². The topological polar surface area (TPSA) is 44.4 Å². The molecule has 4 nitrogen and oxygen atoms in total. The van der Waals surface area contributed by atoms with Crippen LogP contribution in [0.5, 0.6) is 0 Å². The van der Waals surface area contributed by atoms with Crippen LogP contribution in [-0.2, 0) is 4.79 Å². The monoisotopic (exact) mass is 345 g/mol. The average Bonchev–Trinajstić information content (AvgIpc) is 2.64. The van der Waals surface area contributed by atoms with Crippen molar-refractivity contribution in [3.05, 3.63) is 54.1 Å². The first-order valence-electron chi connectivity index (χ1n) is 8.45. The van der Waals surface area contributed by atoms with Crippen molar-refractivity contribution in [2.24, 2.45) is 0 Å². The van der Waals surface area contributed by atoms with E-state index in [1.165, 1.54) is 25.3 Å². The fourth-order valence-corrected chi connectivity index (χ4v) is 2.90. The molecule has 0 bridgehead atoms. The molecule has 0 aliphatic carbocycles. The van der Waals surface area contributed by atoms with Gasteiger partial charge in [0.15, 0.2) is 11.6 Å². The zero-order chi connectivity index (χ0) is 17.6. The number of rotatable bonds is 5. The van der Waals surface area contributed by atoms with Crippen LogP contribution in [0.1, 0.15) is 19.3 Å². The summed E-state index contributed by atoms with van der Waals surface area (Å²) in [4.78, 5) is 14.3. The zero-order valence-corrected chi connectivity index (χ0v) is 13.9. The van der Waals surface area contributed by atoms with Crippen molar-refractivity contribution in [1.29, 1.82) is 0 Å². The standard InChI is InChI=1S/C19H21F2N3O/c20-17-9-6-15(12-18(17)21)22-13-19(25)23-14-4-7-16(8-5-14)24-10-2-1-3-11-24/h4-9,12,22H,1-3,10-11,13H2,(H,23,25). The lowest BCUT2D eigenvalue weighted by atomic mass is 10.1. The molecule has 1 fully saturated rings. The smallest absolute Gasteiger partial charge is 0.243 e. The molecule has 3 rings (SSSR count). The maximum Gasteiger partial charge on any atom is 0.243 e. The minimum absolute atomic E-state index is 0.0288. The lowest BCUT2D eigenvalue weighted by Gasteiger charge is -2.28. The Balaban J connectivity index is 1.51. The molecular weight excluding hydrogens is 324 g/mol. The summed E-state index contributed by atoms with van der Waals surface area (Å²) in [6.07, 6.45) is 3.72. The number of hydrogen-bond acceptors (Lipinski definition) is 3. The van der Waals surface area contributed by atoms with Crippen LogP contribution in [0.2, 0.25) is 0 Å². The molecule has 25 heavy (non-hydrogen) atoms. The van der Waals surface area contributed by atoms with E-state index in [1.54, 1.807) is 0 Å². The van der Waals surface area contributed by atoms with E-state index < -0.39 is 11.6 Å². The van der Waals surface area contributed by atoms with Gasteiger partial charge in [0.05, 0.1) is 6.54 Å². The SMILES string of the molecule is O=C(CNc1ccc(F)c(F)c1)Nc1ccc(N2CCCCC2)cc1. The van der Waals surface area contributed by atoms with Crippen molar-refractivity contribution in [1.82, 2.24) is 0 Å². The van der Waals surface area contributed by atoms with Gasteiger partial charge in [-0.2, -0.15) is 0 Å². The highest BCUT2D eigenvalue weighted by Crippen LogP contribution is 2.21. The highest BCUT2D eigenvalue weighted by molar-refractivity contribution is 5.93. The summed E-state index contributed by atoms with van der Waals surface area (Å²) in [6, 6.07) is 11.2. The number of anilines is 3. The Labute approximate surface area is 145 Å². The van der Waals surface area contributed by atoms with Crippen LogP contribution < -0.4 is 15.5 Å². The first-order valence-corrected chi connectivity index (χ1v) is 8.45. The Hall–Kier alpha value is -2.63.